The highest BCUT2D eigenvalue weighted by molar-refractivity contribution is 6.17. The summed E-state index contributed by atoms with van der Waals surface area (Å²) in [6, 6.07) is 51.2. The van der Waals surface area contributed by atoms with Gasteiger partial charge in [0.05, 0.1) is 22.6 Å². The lowest BCUT2D eigenvalue weighted by Crippen LogP contribution is -2.04. The standard InChI is InChI=1S/C46H31N3O/c1-3-14-31(15-4-1)39-29-40(48-46(47-39)33-16-5-2-6-17-33)32-23-26-34(27-24-32)49-44-35-18-8-7-13-30(35)25-28-38(44)43-36-19-9-11-21-41(36)50-42-22-12-10-20-37(42)45(43)49/h1-14,16-29,31H,15H2. The minimum atomic E-state index is 0.212. The molecule has 1 aliphatic heterocycles. The van der Waals surface area contributed by atoms with Gasteiger partial charge in [-0.05, 0) is 48.2 Å². The van der Waals surface area contributed by atoms with Gasteiger partial charge in [-0.3, -0.25) is 0 Å². The first kappa shape index (κ1) is 28.5. The van der Waals surface area contributed by atoms with Gasteiger partial charge in [-0.1, -0.05) is 133 Å². The van der Waals surface area contributed by atoms with Crippen LogP contribution in [0.15, 0.2) is 170 Å². The van der Waals surface area contributed by atoms with E-state index in [9.17, 15) is 0 Å². The van der Waals surface area contributed by atoms with E-state index < -0.39 is 0 Å². The average molecular weight is 642 g/mol. The Labute approximate surface area is 290 Å². The normalized spacial score (nSPS) is 14.5. The summed E-state index contributed by atoms with van der Waals surface area (Å²) < 4.78 is 9.05. The molecule has 3 heterocycles. The summed E-state index contributed by atoms with van der Waals surface area (Å²) in [7, 11) is 0. The van der Waals surface area contributed by atoms with E-state index in [1.807, 2.05) is 30.3 Å². The number of para-hydroxylation sites is 2. The number of nitrogens with zero attached hydrogens (tertiary/aromatic N) is 3. The van der Waals surface area contributed by atoms with Crippen molar-refractivity contribution in [1.82, 2.24) is 14.5 Å². The Hall–Kier alpha value is -6.52. The van der Waals surface area contributed by atoms with Gasteiger partial charge < -0.3 is 9.30 Å². The van der Waals surface area contributed by atoms with Crippen molar-refractivity contribution < 1.29 is 4.74 Å². The van der Waals surface area contributed by atoms with Crippen molar-refractivity contribution in [3.63, 3.8) is 0 Å². The van der Waals surface area contributed by atoms with Gasteiger partial charge in [0.2, 0.25) is 0 Å². The fraction of sp³-hybridized carbons (Fsp3) is 0.0435. The predicted octanol–water partition coefficient (Wildman–Crippen LogP) is 11.9. The zero-order valence-electron chi connectivity index (χ0n) is 27.2. The van der Waals surface area contributed by atoms with Gasteiger partial charge >= 0.3 is 0 Å². The van der Waals surface area contributed by atoms with Crippen LogP contribution in [0.2, 0.25) is 0 Å². The Bertz CT molecular complexity index is 2650. The lowest BCUT2D eigenvalue weighted by Gasteiger charge is -2.16. The van der Waals surface area contributed by atoms with Crippen LogP contribution in [-0.4, -0.2) is 14.5 Å². The molecule has 8 aromatic rings. The quantitative estimate of drug-likeness (QED) is 0.192. The highest BCUT2D eigenvalue weighted by Gasteiger charge is 2.29. The zero-order chi connectivity index (χ0) is 33.0. The Morgan fingerprint density at radius 3 is 2.16 bits per heavy atom. The molecule has 2 aliphatic rings. The summed E-state index contributed by atoms with van der Waals surface area (Å²) in [4.78, 5) is 10.2. The van der Waals surface area contributed by atoms with E-state index in [4.69, 9.17) is 14.7 Å². The number of ether oxygens (including phenoxy) is 1. The lowest BCUT2D eigenvalue weighted by molar-refractivity contribution is 0.487. The second-order valence-electron chi connectivity index (χ2n) is 12.9. The molecule has 0 fully saturated rings. The third-order valence-corrected chi connectivity index (χ3v) is 9.93. The maximum Gasteiger partial charge on any atom is 0.160 e. The molecule has 0 bridgehead atoms. The van der Waals surface area contributed by atoms with Crippen LogP contribution in [0.25, 0.3) is 72.4 Å². The van der Waals surface area contributed by atoms with E-state index >= 15 is 0 Å². The number of hydrogen-bond acceptors (Lipinski definition) is 3. The van der Waals surface area contributed by atoms with E-state index in [0.717, 1.165) is 68.8 Å². The van der Waals surface area contributed by atoms with Crippen LogP contribution in [-0.2, 0) is 0 Å². The predicted molar refractivity (Wildman–Crippen MR) is 204 cm³/mol. The molecule has 0 saturated heterocycles. The molecule has 0 spiro atoms. The highest BCUT2D eigenvalue weighted by atomic mass is 16.5. The monoisotopic (exact) mass is 641 g/mol. The summed E-state index contributed by atoms with van der Waals surface area (Å²) in [6.45, 7) is 0. The first-order valence-electron chi connectivity index (χ1n) is 17.1. The molecule has 236 valence electrons. The Kier molecular flexibility index (Phi) is 6.59. The fourth-order valence-electron chi connectivity index (χ4n) is 7.57. The lowest BCUT2D eigenvalue weighted by atomic mass is 9.95. The van der Waals surface area contributed by atoms with Crippen molar-refractivity contribution in [2.24, 2.45) is 0 Å². The van der Waals surface area contributed by atoms with Gasteiger partial charge in [-0.25, -0.2) is 9.97 Å². The molecule has 4 nitrogen and oxygen atoms in total. The Balaban J connectivity index is 1.20. The smallest absolute Gasteiger partial charge is 0.160 e. The fourth-order valence-corrected chi connectivity index (χ4v) is 7.57. The summed E-state index contributed by atoms with van der Waals surface area (Å²) in [6.07, 6.45) is 9.58. The highest BCUT2D eigenvalue weighted by Crippen LogP contribution is 2.52. The van der Waals surface area contributed by atoms with E-state index in [2.05, 4.69) is 144 Å². The molecular formula is C46H31N3O. The summed E-state index contributed by atoms with van der Waals surface area (Å²) in [5.41, 5.74) is 10.7. The summed E-state index contributed by atoms with van der Waals surface area (Å²) in [5, 5.41) is 3.61. The van der Waals surface area contributed by atoms with Gasteiger partial charge in [0.1, 0.15) is 11.5 Å². The molecule has 0 N–H and O–H groups in total. The number of rotatable bonds is 4. The molecule has 1 aliphatic carbocycles. The minimum Gasteiger partial charge on any atom is -0.456 e. The van der Waals surface area contributed by atoms with Crippen molar-refractivity contribution in [2.45, 2.75) is 12.3 Å². The van der Waals surface area contributed by atoms with E-state index in [-0.39, 0.29) is 5.92 Å². The van der Waals surface area contributed by atoms with E-state index in [0.29, 0.717) is 0 Å². The second-order valence-corrected chi connectivity index (χ2v) is 12.9. The van der Waals surface area contributed by atoms with Crippen LogP contribution in [0.5, 0.6) is 11.5 Å². The Morgan fingerprint density at radius 2 is 1.34 bits per heavy atom. The van der Waals surface area contributed by atoms with Crippen LogP contribution in [0.4, 0.5) is 0 Å². The molecule has 0 radical (unpaired) electrons. The zero-order valence-corrected chi connectivity index (χ0v) is 27.2. The third kappa shape index (κ3) is 4.61. The van der Waals surface area contributed by atoms with Crippen molar-refractivity contribution in [2.75, 3.05) is 0 Å². The largest absolute Gasteiger partial charge is 0.456 e. The number of hydrogen-bond donors (Lipinski definition) is 0. The van der Waals surface area contributed by atoms with Crippen LogP contribution in [0.1, 0.15) is 18.0 Å². The summed E-state index contributed by atoms with van der Waals surface area (Å²) >= 11 is 0. The SMILES string of the molecule is C1=CCC(c2cc(-c3ccc(-n4c5c(c6ccc7ccccc7c64)-c4ccccc4Oc4ccccc4-5)cc3)nc(-c3ccccc3)n2)C=C1. The van der Waals surface area contributed by atoms with Crippen LogP contribution >= 0.6 is 0 Å². The Morgan fingerprint density at radius 1 is 0.600 bits per heavy atom. The number of benzene rings is 6. The summed E-state index contributed by atoms with van der Waals surface area (Å²) in [5.74, 6) is 2.66. The molecule has 1 unspecified atom stereocenters. The van der Waals surface area contributed by atoms with E-state index in [1.54, 1.807) is 0 Å². The van der Waals surface area contributed by atoms with Gasteiger partial charge in [0.15, 0.2) is 5.82 Å². The second kappa shape index (κ2) is 11.6. The first-order valence-corrected chi connectivity index (χ1v) is 17.1. The molecule has 4 heteroatoms. The molecule has 0 amide bonds. The van der Waals surface area contributed by atoms with Crippen molar-refractivity contribution in [1.29, 1.82) is 0 Å². The van der Waals surface area contributed by atoms with Crippen LogP contribution in [0, 0.1) is 0 Å². The number of allylic oxidation sites excluding steroid dienone is 4. The van der Waals surface area contributed by atoms with Crippen molar-refractivity contribution in [3.05, 3.63) is 176 Å². The van der Waals surface area contributed by atoms with Gasteiger partial charge in [0.25, 0.3) is 0 Å². The molecule has 1 atom stereocenters. The molecule has 10 rings (SSSR count). The molecular weight excluding hydrogens is 611 g/mol. The first-order chi connectivity index (χ1) is 24.8. The van der Waals surface area contributed by atoms with Crippen LogP contribution in [0.3, 0.4) is 0 Å². The van der Waals surface area contributed by atoms with Crippen molar-refractivity contribution in [3.8, 4) is 62.2 Å². The molecule has 2 aromatic heterocycles. The molecule has 50 heavy (non-hydrogen) atoms. The van der Waals surface area contributed by atoms with Gasteiger partial charge in [-0.2, -0.15) is 0 Å². The van der Waals surface area contributed by atoms with Crippen LogP contribution < -0.4 is 4.74 Å². The topological polar surface area (TPSA) is 39.9 Å². The molecule has 6 aromatic carbocycles. The van der Waals surface area contributed by atoms with E-state index in [1.165, 1.54) is 27.2 Å². The number of fused-ring (bicyclic) bond motifs is 9. The average Bonchev–Trinajstić information content (AvgIpc) is 3.46. The van der Waals surface area contributed by atoms with Crippen molar-refractivity contribution >= 4 is 21.7 Å². The number of aromatic nitrogens is 3. The maximum atomic E-state index is 6.62. The third-order valence-electron chi connectivity index (χ3n) is 9.93. The minimum absolute atomic E-state index is 0.212. The maximum absolute atomic E-state index is 6.62. The van der Waals surface area contributed by atoms with Gasteiger partial charge in [-0.15, -0.1) is 0 Å². The van der Waals surface area contributed by atoms with Gasteiger partial charge in [0, 0.05) is 50.2 Å². The molecule has 0 saturated carbocycles.